The number of nitrogens with zero attached hydrogens (tertiary/aromatic N) is 5. The highest BCUT2D eigenvalue weighted by Crippen LogP contribution is 2.46. The molecule has 4 aromatic heterocycles. The van der Waals surface area contributed by atoms with Crippen molar-refractivity contribution in [2.24, 2.45) is 0 Å². The molecule has 0 aliphatic carbocycles. The van der Waals surface area contributed by atoms with Crippen LogP contribution in [0, 0.1) is 11.3 Å². The maximum atomic E-state index is 11.0. The summed E-state index contributed by atoms with van der Waals surface area (Å²) in [5.74, 6) is 0. The highest BCUT2D eigenvalue weighted by atomic mass is 15.0. The fraction of sp³-hybridized carbons (Fsp3) is 0. The number of rotatable bonds is 4. The molecule has 60 heavy (non-hydrogen) atoms. The molecule has 0 spiro atoms. The molecule has 0 unspecified atom stereocenters. The first-order valence-electron chi connectivity index (χ1n) is 20.3. The number of hydrogen-bond acceptors (Lipinski definition) is 1. The largest absolute Gasteiger partial charge is 0.309 e. The summed E-state index contributed by atoms with van der Waals surface area (Å²) in [7, 11) is 0. The van der Waals surface area contributed by atoms with E-state index >= 15 is 0 Å². The molecule has 0 fully saturated rings. The zero-order valence-corrected chi connectivity index (χ0v) is 32.3. The van der Waals surface area contributed by atoms with Gasteiger partial charge in [-0.05, 0) is 84.9 Å². The predicted octanol–water partition coefficient (Wildman–Crippen LogP) is 13.9. The molecule has 278 valence electrons. The SMILES string of the molecule is N#Cc1cc2c3cc(-n4c5ccccc5c5ccc6c(c7ccccc7n6-c6ccccc6)c54)ccc3n(-c3ccccc3)c2c2c3ccccc3n(-c3ccccc3)c12. The second-order valence-electron chi connectivity index (χ2n) is 15.6. The van der Waals surface area contributed by atoms with Gasteiger partial charge in [0, 0.05) is 65.8 Å². The van der Waals surface area contributed by atoms with Crippen LogP contribution in [-0.2, 0) is 0 Å². The minimum Gasteiger partial charge on any atom is -0.309 e. The van der Waals surface area contributed by atoms with E-state index in [1.54, 1.807) is 0 Å². The molecule has 4 heterocycles. The van der Waals surface area contributed by atoms with Crippen LogP contribution in [0.1, 0.15) is 5.56 Å². The molecular formula is C55H33N5. The van der Waals surface area contributed by atoms with Gasteiger partial charge in [0.25, 0.3) is 0 Å². The third-order valence-electron chi connectivity index (χ3n) is 12.5. The molecule has 0 saturated heterocycles. The van der Waals surface area contributed by atoms with Gasteiger partial charge >= 0.3 is 0 Å². The lowest BCUT2D eigenvalue weighted by molar-refractivity contribution is 1.16. The number of benzene rings is 9. The van der Waals surface area contributed by atoms with E-state index in [1.807, 2.05) is 6.07 Å². The number of hydrogen-bond donors (Lipinski definition) is 0. The molecule has 0 amide bonds. The minimum atomic E-state index is 0.641. The first kappa shape index (κ1) is 32.7. The van der Waals surface area contributed by atoms with Crippen molar-refractivity contribution in [3.63, 3.8) is 0 Å². The van der Waals surface area contributed by atoms with Gasteiger partial charge in [0.05, 0.1) is 49.7 Å². The average Bonchev–Trinajstić information content (AvgIpc) is 4.04. The van der Waals surface area contributed by atoms with E-state index in [9.17, 15) is 5.26 Å². The lowest BCUT2D eigenvalue weighted by Crippen LogP contribution is -1.97. The third-order valence-corrected chi connectivity index (χ3v) is 12.5. The summed E-state index contributed by atoms with van der Waals surface area (Å²) in [6.07, 6.45) is 0. The van der Waals surface area contributed by atoms with Crippen LogP contribution in [0.15, 0.2) is 200 Å². The summed E-state index contributed by atoms with van der Waals surface area (Å²) in [6, 6.07) is 74.1. The molecule has 0 N–H and O–H groups in total. The van der Waals surface area contributed by atoms with Gasteiger partial charge in [-0.1, -0.05) is 115 Å². The Balaban J connectivity index is 1.20. The molecule has 0 saturated carbocycles. The number of fused-ring (bicyclic) bond motifs is 14. The fourth-order valence-corrected chi connectivity index (χ4v) is 10.2. The van der Waals surface area contributed by atoms with Crippen LogP contribution in [0.2, 0.25) is 0 Å². The average molecular weight is 764 g/mol. The highest BCUT2D eigenvalue weighted by molar-refractivity contribution is 6.29. The first-order chi connectivity index (χ1) is 29.8. The van der Waals surface area contributed by atoms with Crippen LogP contribution in [0.4, 0.5) is 0 Å². The Bertz CT molecular complexity index is 3930. The van der Waals surface area contributed by atoms with Crippen LogP contribution in [0.25, 0.3) is 110 Å². The lowest BCUT2D eigenvalue weighted by atomic mass is 10.0. The highest BCUT2D eigenvalue weighted by Gasteiger charge is 2.25. The molecule has 5 heteroatoms. The van der Waals surface area contributed by atoms with Crippen molar-refractivity contribution in [3.05, 3.63) is 206 Å². The van der Waals surface area contributed by atoms with Crippen molar-refractivity contribution in [2.75, 3.05) is 0 Å². The summed E-state index contributed by atoms with van der Waals surface area (Å²) in [5, 5.41) is 20.2. The van der Waals surface area contributed by atoms with Crippen LogP contribution in [0.3, 0.4) is 0 Å². The van der Waals surface area contributed by atoms with E-state index in [1.165, 1.54) is 32.6 Å². The Morgan fingerprint density at radius 2 is 0.733 bits per heavy atom. The Kier molecular flexibility index (Phi) is 6.73. The van der Waals surface area contributed by atoms with Crippen molar-refractivity contribution >= 4 is 87.2 Å². The summed E-state index contributed by atoms with van der Waals surface area (Å²) in [5.41, 5.74) is 13.7. The Morgan fingerprint density at radius 3 is 1.37 bits per heavy atom. The van der Waals surface area contributed by atoms with Crippen molar-refractivity contribution in [2.45, 2.75) is 0 Å². The van der Waals surface area contributed by atoms with Crippen LogP contribution in [0.5, 0.6) is 0 Å². The Morgan fingerprint density at radius 1 is 0.283 bits per heavy atom. The maximum Gasteiger partial charge on any atom is 0.101 e. The van der Waals surface area contributed by atoms with Gasteiger partial charge in [-0.15, -0.1) is 0 Å². The summed E-state index contributed by atoms with van der Waals surface area (Å²) < 4.78 is 9.52. The predicted molar refractivity (Wildman–Crippen MR) is 249 cm³/mol. The molecule has 0 atom stereocenters. The minimum absolute atomic E-state index is 0.641. The van der Waals surface area contributed by atoms with Crippen molar-refractivity contribution in [1.29, 1.82) is 5.26 Å². The maximum absolute atomic E-state index is 11.0. The first-order valence-corrected chi connectivity index (χ1v) is 20.3. The van der Waals surface area contributed by atoms with Crippen molar-refractivity contribution < 1.29 is 0 Å². The molecule has 5 nitrogen and oxygen atoms in total. The topological polar surface area (TPSA) is 43.5 Å². The van der Waals surface area contributed by atoms with Gasteiger partial charge in [-0.2, -0.15) is 5.26 Å². The Hall–Kier alpha value is -8.33. The second-order valence-corrected chi connectivity index (χ2v) is 15.6. The van der Waals surface area contributed by atoms with E-state index in [2.05, 4.69) is 218 Å². The van der Waals surface area contributed by atoms with Crippen LogP contribution >= 0.6 is 0 Å². The quantitative estimate of drug-likeness (QED) is 0.176. The normalized spacial score (nSPS) is 12.0. The second kappa shape index (κ2) is 12.3. The zero-order chi connectivity index (χ0) is 39.5. The smallest absolute Gasteiger partial charge is 0.101 e. The monoisotopic (exact) mass is 763 g/mol. The van der Waals surface area contributed by atoms with Gasteiger partial charge in [-0.25, -0.2) is 0 Å². The molecule has 13 rings (SSSR count). The van der Waals surface area contributed by atoms with E-state index in [-0.39, 0.29) is 0 Å². The fourth-order valence-electron chi connectivity index (χ4n) is 10.2. The lowest BCUT2D eigenvalue weighted by Gasteiger charge is -2.12. The molecular weight excluding hydrogens is 731 g/mol. The molecule has 0 aliphatic rings. The number of nitriles is 1. The Labute approximate surface area is 344 Å². The number of aromatic nitrogens is 4. The third kappa shape index (κ3) is 4.34. The van der Waals surface area contributed by atoms with Gasteiger partial charge in [0.2, 0.25) is 0 Å². The molecule has 0 bridgehead atoms. The van der Waals surface area contributed by atoms with Crippen LogP contribution in [-0.4, -0.2) is 18.3 Å². The van der Waals surface area contributed by atoms with Gasteiger partial charge in [0.15, 0.2) is 0 Å². The molecule has 9 aromatic carbocycles. The molecule has 0 aliphatic heterocycles. The molecule has 13 aromatic rings. The molecule has 0 radical (unpaired) electrons. The van der Waals surface area contributed by atoms with E-state index in [0.717, 1.165) is 77.4 Å². The standard InChI is InChI=1S/C55H33N5/c56-34-35-32-45-44-33-39(60-46-25-13-10-22-40(46)41-29-31-50-51(54(41)60)42-23-11-14-26-47(42)57(50)36-16-4-1-5-17-36)28-30-49(44)59(38-20-8-3-9-21-38)55(45)52-43-24-12-15-27-48(43)58(53(35)52)37-18-6-2-7-19-37/h1-33H. The van der Waals surface area contributed by atoms with Crippen molar-refractivity contribution in [1.82, 2.24) is 18.3 Å². The van der Waals surface area contributed by atoms with Gasteiger partial charge in [0.1, 0.15) is 6.07 Å². The van der Waals surface area contributed by atoms with Crippen LogP contribution < -0.4 is 0 Å². The van der Waals surface area contributed by atoms with E-state index in [0.29, 0.717) is 5.56 Å². The summed E-state index contributed by atoms with van der Waals surface area (Å²) in [4.78, 5) is 0. The summed E-state index contributed by atoms with van der Waals surface area (Å²) in [6.45, 7) is 0. The van der Waals surface area contributed by atoms with Gasteiger partial charge in [-0.3, -0.25) is 0 Å². The van der Waals surface area contributed by atoms with Crippen molar-refractivity contribution in [3.8, 4) is 28.8 Å². The van der Waals surface area contributed by atoms with E-state index in [4.69, 9.17) is 0 Å². The zero-order valence-electron chi connectivity index (χ0n) is 32.3. The van der Waals surface area contributed by atoms with Gasteiger partial charge < -0.3 is 18.3 Å². The summed E-state index contributed by atoms with van der Waals surface area (Å²) >= 11 is 0. The number of para-hydroxylation sites is 6. The van der Waals surface area contributed by atoms with E-state index < -0.39 is 0 Å².